The lowest BCUT2D eigenvalue weighted by molar-refractivity contribution is 0.0701. The summed E-state index contributed by atoms with van der Waals surface area (Å²) in [6, 6.07) is 1.41. The third-order valence-corrected chi connectivity index (χ3v) is 5.35. The summed E-state index contributed by atoms with van der Waals surface area (Å²) < 4.78 is 0. The predicted octanol–water partition coefficient (Wildman–Crippen LogP) is 3.52. The third kappa shape index (κ3) is 3.95. The molecule has 2 rings (SSSR count). The second-order valence-corrected chi connectivity index (χ2v) is 8.13. The third-order valence-electron chi connectivity index (χ3n) is 5.35. The van der Waals surface area contributed by atoms with Crippen molar-refractivity contribution in [1.82, 2.24) is 10.2 Å². The van der Waals surface area contributed by atoms with Gasteiger partial charge in [-0.3, -0.25) is 4.90 Å². The molecule has 0 aromatic heterocycles. The molecule has 2 nitrogen and oxygen atoms in total. The van der Waals surface area contributed by atoms with Crippen molar-refractivity contribution in [2.24, 2.45) is 17.3 Å². The van der Waals surface area contributed by atoms with Crippen LogP contribution in [0.25, 0.3) is 0 Å². The maximum Gasteiger partial charge on any atom is 0.0244 e. The van der Waals surface area contributed by atoms with Crippen LogP contribution >= 0.6 is 0 Å². The van der Waals surface area contributed by atoms with Crippen LogP contribution in [0.2, 0.25) is 0 Å². The van der Waals surface area contributed by atoms with E-state index in [1.165, 1.54) is 45.3 Å². The quantitative estimate of drug-likeness (QED) is 0.841. The molecule has 1 aliphatic heterocycles. The lowest BCUT2D eigenvalue weighted by atomic mass is 9.84. The zero-order chi connectivity index (χ0) is 14.0. The van der Waals surface area contributed by atoms with E-state index in [4.69, 9.17) is 0 Å². The topological polar surface area (TPSA) is 15.3 Å². The fourth-order valence-corrected chi connectivity index (χ4v) is 3.88. The van der Waals surface area contributed by atoms with Crippen LogP contribution in [-0.2, 0) is 0 Å². The fourth-order valence-electron chi connectivity index (χ4n) is 3.88. The molecule has 0 radical (unpaired) electrons. The van der Waals surface area contributed by atoms with Crippen LogP contribution in [0, 0.1) is 17.3 Å². The number of hydrogen-bond donors (Lipinski definition) is 1. The second kappa shape index (κ2) is 6.13. The normalized spacial score (nSPS) is 37.7. The van der Waals surface area contributed by atoms with E-state index in [1.54, 1.807) is 0 Å². The van der Waals surface area contributed by atoms with Crippen molar-refractivity contribution in [3.63, 3.8) is 0 Å². The summed E-state index contributed by atoms with van der Waals surface area (Å²) in [6.07, 6.45) is 5.66. The van der Waals surface area contributed by atoms with Crippen LogP contribution in [0.4, 0.5) is 0 Å². The smallest absolute Gasteiger partial charge is 0.0244 e. The van der Waals surface area contributed by atoms with Crippen LogP contribution in [0.3, 0.4) is 0 Å². The van der Waals surface area contributed by atoms with Gasteiger partial charge in [0.2, 0.25) is 0 Å². The van der Waals surface area contributed by atoms with Crippen molar-refractivity contribution in [2.45, 2.75) is 72.4 Å². The highest BCUT2D eigenvalue weighted by atomic mass is 15.2. The van der Waals surface area contributed by atoms with E-state index in [2.05, 4.69) is 44.8 Å². The van der Waals surface area contributed by atoms with Crippen LogP contribution in [0.1, 0.15) is 60.3 Å². The van der Waals surface area contributed by atoms with Gasteiger partial charge in [-0.1, -0.05) is 41.0 Å². The van der Waals surface area contributed by atoms with Crippen molar-refractivity contribution in [3.05, 3.63) is 0 Å². The Kier molecular flexibility index (Phi) is 4.94. The van der Waals surface area contributed by atoms with Gasteiger partial charge in [-0.05, 0) is 36.5 Å². The van der Waals surface area contributed by atoms with E-state index < -0.39 is 0 Å². The lowest BCUT2D eigenvalue weighted by Crippen LogP contribution is -2.60. The van der Waals surface area contributed by atoms with Crippen molar-refractivity contribution >= 4 is 0 Å². The zero-order valence-corrected chi connectivity index (χ0v) is 13.7. The molecule has 4 atom stereocenters. The van der Waals surface area contributed by atoms with E-state index in [0.717, 1.165) is 17.9 Å². The molecule has 0 amide bonds. The summed E-state index contributed by atoms with van der Waals surface area (Å²) in [6.45, 7) is 15.6. The summed E-state index contributed by atoms with van der Waals surface area (Å²) in [7, 11) is 0. The Labute approximate surface area is 120 Å². The molecule has 0 aromatic rings. The first-order valence-electron chi connectivity index (χ1n) is 8.37. The Balaban J connectivity index is 1.94. The first-order valence-corrected chi connectivity index (χ1v) is 8.37. The average Bonchev–Trinajstić information content (AvgIpc) is 2.73. The van der Waals surface area contributed by atoms with Crippen molar-refractivity contribution in [2.75, 3.05) is 19.6 Å². The Morgan fingerprint density at radius 3 is 2.47 bits per heavy atom. The molecule has 1 aliphatic carbocycles. The summed E-state index contributed by atoms with van der Waals surface area (Å²) in [5.41, 5.74) is 0.375. The molecular formula is C17H34N2. The van der Waals surface area contributed by atoms with Gasteiger partial charge >= 0.3 is 0 Å². The molecule has 1 saturated heterocycles. The maximum atomic E-state index is 3.78. The molecule has 19 heavy (non-hydrogen) atoms. The SMILES string of the molecule is CCC1CNC(C(C)(C)C)CN1CC1CCC(C)C1. The van der Waals surface area contributed by atoms with Crippen LogP contribution < -0.4 is 5.32 Å². The van der Waals surface area contributed by atoms with Gasteiger partial charge < -0.3 is 5.32 Å². The number of piperazine rings is 1. The van der Waals surface area contributed by atoms with Gasteiger partial charge in [0.25, 0.3) is 0 Å². The summed E-state index contributed by atoms with van der Waals surface area (Å²) >= 11 is 0. The first kappa shape index (κ1) is 15.3. The molecule has 0 spiro atoms. The average molecular weight is 266 g/mol. The zero-order valence-electron chi connectivity index (χ0n) is 13.7. The van der Waals surface area contributed by atoms with Gasteiger partial charge in [-0.15, -0.1) is 0 Å². The lowest BCUT2D eigenvalue weighted by Gasteiger charge is -2.45. The van der Waals surface area contributed by atoms with Gasteiger partial charge in [0, 0.05) is 31.7 Å². The first-order chi connectivity index (χ1) is 8.90. The Morgan fingerprint density at radius 1 is 1.21 bits per heavy atom. The fraction of sp³-hybridized carbons (Fsp3) is 1.00. The van der Waals surface area contributed by atoms with Crippen molar-refractivity contribution in [3.8, 4) is 0 Å². The standard InChI is InChI=1S/C17H34N2/c1-6-15-10-18-16(17(3,4)5)12-19(15)11-14-8-7-13(2)9-14/h13-16,18H,6-12H2,1-5H3. The highest BCUT2D eigenvalue weighted by Gasteiger charge is 2.35. The van der Waals surface area contributed by atoms with Gasteiger partial charge in [0.15, 0.2) is 0 Å². The van der Waals surface area contributed by atoms with E-state index in [0.29, 0.717) is 11.5 Å². The van der Waals surface area contributed by atoms with Gasteiger partial charge in [-0.25, -0.2) is 0 Å². The highest BCUT2D eigenvalue weighted by molar-refractivity contribution is 4.92. The van der Waals surface area contributed by atoms with Crippen LogP contribution in [0.15, 0.2) is 0 Å². The Hall–Kier alpha value is -0.0800. The molecule has 4 unspecified atom stereocenters. The molecule has 1 heterocycles. The number of nitrogens with zero attached hydrogens (tertiary/aromatic N) is 1. The molecule has 2 fully saturated rings. The molecular weight excluding hydrogens is 232 g/mol. The summed E-state index contributed by atoms with van der Waals surface area (Å²) in [4.78, 5) is 2.80. The molecule has 0 aromatic carbocycles. The Morgan fingerprint density at radius 2 is 1.95 bits per heavy atom. The number of nitrogens with one attached hydrogen (secondary N) is 1. The van der Waals surface area contributed by atoms with Gasteiger partial charge in [-0.2, -0.15) is 0 Å². The van der Waals surface area contributed by atoms with E-state index in [-0.39, 0.29) is 0 Å². The molecule has 2 heteroatoms. The number of hydrogen-bond acceptors (Lipinski definition) is 2. The minimum absolute atomic E-state index is 0.375. The van der Waals surface area contributed by atoms with E-state index in [1.807, 2.05) is 0 Å². The summed E-state index contributed by atoms with van der Waals surface area (Å²) in [5.74, 6) is 1.93. The monoisotopic (exact) mass is 266 g/mol. The minimum atomic E-state index is 0.375. The maximum absolute atomic E-state index is 3.78. The molecule has 1 saturated carbocycles. The molecule has 0 bridgehead atoms. The molecule has 2 aliphatic rings. The van der Waals surface area contributed by atoms with Crippen LogP contribution in [0.5, 0.6) is 0 Å². The van der Waals surface area contributed by atoms with Crippen molar-refractivity contribution < 1.29 is 0 Å². The Bertz CT molecular complexity index is 281. The van der Waals surface area contributed by atoms with Gasteiger partial charge in [0.05, 0.1) is 0 Å². The second-order valence-electron chi connectivity index (χ2n) is 8.13. The van der Waals surface area contributed by atoms with Crippen LogP contribution in [-0.4, -0.2) is 36.6 Å². The van der Waals surface area contributed by atoms with Gasteiger partial charge in [0.1, 0.15) is 0 Å². The van der Waals surface area contributed by atoms with E-state index in [9.17, 15) is 0 Å². The molecule has 112 valence electrons. The molecule has 1 N–H and O–H groups in total. The van der Waals surface area contributed by atoms with E-state index >= 15 is 0 Å². The largest absolute Gasteiger partial charge is 0.311 e. The minimum Gasteiger partial charge on any atom is -0.311 e. The highest BCUT2D eigenvalue weighted by Crippen LogP contribution is 2.32. The predicted molar refractivity (Wildman–Crippen MR) is 83.4 cm³/mol. The van der Waals surface area contributed by atoms with Crippen molar-refractivity contribution in [1.29, 1.82) is 0 Å². The summed E-state index contributed by atoms with van der Waals surface area (Å²) in [5, 5.41) is 3.78. The number of rotatable bonds is 3.